The number of hydrogen-bond acceptors (Lipinski definition) is 5. The van der Waals surface area contributed by atoms with Crippen molar-refractivity contribution in [1.82, 2.24) is 14.7 Å². The third kappa shape index (κ3) is 4.60. The third-order valence-corrected chi connectivity index (χ3v) is 4.41. The zero-order valence-electron chi connectivity index (χ0n) is 15.4. The molecule has 0 radical (unpaired) electrons. The van der Waals surface area contributed by atoms with Crippen LogP contribution in [-0.2, 0) is 12.8 Å². The molecule has 2 aromatic carbocycles. The lowest BCUT2D eigenvalue weighted by Gasteiger charge is -2.06. The second-order valence-corrected chi connectivity index (χ2v) is 6.36. The molecule has 0 aliphatic heterocycles. The summed E-state index contributed by atoms with van der Waals surface area (Å²) in [6.07, 6.45) is 3.82. The van der Waals surface area contributed by atoms with Gasteiger partial charge in [-0.15, -0.1) is 12.4 Å². The van der Waals surface area contributed by atoms with Gasteiger partial charge in [-0.05, 0) is 17.7 Å². The van der Waals surface area contributed by atoms with E-state index in [4.69, 9.17) is 9.78 Å². The highest BCUT2D eigenvalue weighted by molar-refractivity contribution is 5.85. The number of halogens is 1. The fourth-order valence-corrected chi connectivity index (χ4v) is 2.96. The minimum Gasteiger partial charge on any atom is -0.360 e. The Balaban J connectivity index is 0.00000240. The molecule has 0 aliphatic carbocycles. The lowest BCUT2D eigenvalue weighted by atomic mass is 10.1. The topological polar surface area (TPSA) is 84.7 Å². The van der Waals surface area contributed by atoms with Crippen molar-refractivity contribution in [3.05, 3.63) is 95.8 Å². The van der Waals surface area contributed by atoms with E-state index in [9.17, 15) is 4.79 Å². The highest BCUT2D eigenvalue weighted by Gasteiger charge is 2.15. The molecule has 0 unspecified atom stereocenters. The summed E-state index contributed by atoms with van der Waals surface area (Å²) in [5.74, 6) is 0.360. The van der Waals surface area contributed by atoms with Gasteiger partial charge in [-0.1, -0.05) is 47.6 Å². The fourth-order valence-electron chi connectivity index (χ4n) is 2.96. The summed E-state index contributed by atoms with van der Waals surface area (Å²) in [5.41, 5.74) is 4.02. The van der Waals surface area contributed by atoms with Crippen LogP contribution in [-0.4, -0.2) is 20.6 Å². The van der Waals surface area contributed by atoms with E-state index in [0.29, 0.717) is 23.4 Å². The summed E-state index contributed by atoms with van der Waals surface area (Å²) >= 11 is 0. The van der Waals surface area contributed by atoms with Gasteiger partial charge in [0, 0.05) is 29.9 Å². The van der Waals surface area contributed by atoms with E-state index in [-0.39, 0.29) is 24.7 Å². The molecule has 6 nitrogen and oxygen atoms in total. The maximum Gasteiger partial charge on any atom is 0.239 e. The molecule has 4 aromatic rings. The van der Waals surface area contributed by atoms with Gasteiger partial charge in [0.2, 0.25) is 5.91 Å². The first-order valence-corrected chi connectivity index (χ1v) is 8.77. The van der Waals surface area contributed by atoms with E-state index in [1.54, 1.807) is 24.4 Å². The number of carbonyl (C=O) groups is 1. The van der Waals surface area contributed by atoms with Crippen LogP contribution in [0.25, 0.3) is 11.3 Å². The smallest absolute Gasteiger partial charge is 0.239 e. The van der Waals surface area contributed by atoms with Crippen molar-refractivity contribution in [2.75, 3.05) is 0 Å². The van der Waals surface area contributed by atoms with Crippen LogP contribution in [0.2, 0.25) is 0 Å². The van der Waals surface area contributed by atoms with E-state index in [0.717, 1.165) is 16.8 Å². The van der Waals surface area contributed by atoms with Crippen LogP contribution in [0, 0.1) is 11.3 Å². The number of nitrogens with zero attached hydrogens (tertiary/aromatic N) is 4. The first kappa shape index (κ1) is 20.1. The van der Waals surface area contributed by atoms with Gasteiger partial charge < -0.3 is 4.52 Å². The minimum atomic E-state index is -0.142. The van der Waals surface area contributed by atoms with E-state index in [1.165, 1.54) is 10.9 Å². The maximum absolute atomic E-state index is 12.7. The van der Waals surface area contributed by atoms with Crippen LogP contribution in [0.5, 0.6) is 0 Å². The van der Waals surface area contributed by atoms with E-state index < -0.39 is 0 Å². The molecule has 0 saturated carbocycles. The molecule has 0 N–H and O–H groups in total. The van der Waals surface area contributed by atoms with Gasteiger partial charge in [-0.3, -0.25) is 9.36 Å². The van der Waals surface area contributed by atoms with Crippen molar-refractivity contribution >= 4 is 18.3 Å². The SMILES string of the molecule is Cl.N#Cc1ccc(Cc2cncn2C(=O)Cc2cc(-c3ccccc3)no2)cc1. The van der Waals surface area contributed by atoms with E-state index >= 15 is 0 Å². The molecule has 0 aliphatic rings. The van der Waals surface area contributed by atoms with Gasteiger partial charge in [0.25, 0.3) is 0 Å². The van der Waals surface area contributed by atoms with Crippen LogP contribution >= 0.6 is 12.4 Å². The largest absolute Gasteiger partial charge is 0.360 e. The van der Waals surface area contributed by atoms with Gasteiger partial charge in [-0.25, -0.2) is 4.98 Å². The molecule has 2 aromatic heterocycles. The van der Waals surface area contributed by atoms with Crippen molar-refractivity contribution < 1.29 is 9.32 Å². The Morgan fingerprint density at radius 3 is 2.59 bits per heavy atom. The number of hydrogen-bond donors (Lipinski definition) is 0. The number of imidazole rings is 1. The standard InChI is InChI=1S/C22H16N4O2.ClH/c23-13-17-8-6-16(7-9-17)10-19-14-24-15-26(19)22(27)12-20-11-21(25-28-20)18-4-2-1-3-5-18;/h1-9,11,14-15H,10,12H2;1H. The van der Waals surface area contributed by atoms with Gasteiger partial charge in [0.05, 0.1) is 18.1 Å². The molecule has 0 bridgehead atoms. The van der Waals surface area contributed by atoms with Crippen LogP contribution < -0.4 is 0 Å². The minimum absolute atomic E-state index is 0. The molecular weight excluding hydrogens is 388 g/mol. The first-order chi connectivity index (χ1) is 13.7. The Kier molecular flexibility index (Phi) is 6.22. The van der Waals surface area contributed by atoms with E-state index in [1.807, 2.05) is 42.5 Å². The summed E-state index contributed by atoms with van der Waals surface area (Å²) in [6.45, 7) is 0. The molecule has 144 valence electrons. The van der Waals surface area contributed by atoms with Gasteiger partial charge in [0.1, 0.15) is 17.8 Å². The zero-order valence-corrected chi connectivity index (χ0v) is 16.2. The summed E-state index contributed by atoms with van der Waals surface area (Å²) in [5, 5.41) is 12.9. The Labute approximate surface area is 173 Å². The number of nitriles is 1. The normalized spacial score (nSPS) is 10.2. The second-order valence-electron chi connectivity index (χ2n) is 6.36. The Morgan fingerprint density at radius 1 is 1.10 bits per heavy atom. The molecule has 0 amide bonds. The second kappa shape index (κ2) is 9.00. The summed E-state index contributed by atoms with van der Waals surface area (Å²) in [6, 6.07) is 20.8. The predicted octanol–water partition coefficient (Wildman–Crippen LogP) is 4.31. The molecule has 0 spiro atoms. The third-order valence-electron chi connectivity index (χ3n) is 4.41. The Bertz CT molecular complexity index is 1140. The fraction of sp³-hybridized carbons (Fsp3) is 0.0909. The van der Waals surface area contributed by atoms with Crippen molar-refractivity contribution in [2.24, 2.45) is 0 Å². The first-order valence-electron chi connectivity index (χ1n) is 8.77. The molecule has 0 atom stereocenters. The lowest BCUT2D eigenvalue weighted by Crippen LogP contribution is -2.15. The highest BCUT2D eigenvalue weighted by atomic mass is 35.5. The number of carbonyl (C=O) groups excluding carboxylic acids is 1. The highest BCUT2D eigenvalue weighted by Crippen LogP contribution is 2.19. The average Bonchev–Trinajstić information content (AvgIpc) is 3.39. The molecule has 0 fully saturated rings. The molecule has 7 heteroatoms. The monoisotopic (exact) mass is 404 g/mol. The van der Waals surface area contributed by atoms with Crippen LogP contribution in [0.15, 0.2) is 77.7 Å². The maximum atomic E-state index is 12.7. The van der Waals surface area contributed by atoms with Gasteiger partial charge >= 0.3 is 0 Å². The molecule has 4 rings (SSSR count). The van der Waals surface area contributed by atoms with Crippen molar-refractivity contribution in [3.8, 4) is 17.3 Å². The van der Waals surface area contributed by atoms with E-state index in [2.05, 4.69) is 16.2 Å². The van der Waals surface area contributed by atoms with Crippen LogP contribution in [0.3, 0.4) is 0 Å². The van der Waals surface area contributed by atoms with Crippen LogP contribution in [0.1, 0.15) is 27.4 Å². The molecule has 29 heavy (non-hydrogen) atoms. The number of benzene rings is 2. The molecule has 0 saturated heterocycles. The van der Waals surface area contributed by atoms with Crippen molar-refractivity contribution in [1.29, 1.82) is 5.26 Å². The summed E-state index contributed by atoms with van der Waals surface area (Å²) in [7, 11) is 0. The van der Waals surface area contributed by atoms with Crippen molar-refractivity contribution in [3.63, 3.8) is 0 Å². The molecule has 2 heterocycles. The summed E-state index contributed by atoms with van der Waals surface area (Å²) in [4.78, 5) is 16.8. The quantitative estimate of drug-likeness (QED) is 0.495. The zero-order chi connectivity index (χ0) is 19.3. The van der Waals surface area contributed by atoms with Gasteiger partial charge in [0.15, 0.2) is 0 Å². The number of aromatic nitrogens is 3. The summed E-state index contributed by atoms with van der Waals surface area (Å²) < 4.78 is 6.87. The Morgan fingerprint density at radius 2 is 1.86 bits per heavy atom. The lowest BCUT2D eigenvalue weighted by molar-refractivity contribution is 0.0902. The van der Waals surface area contributed by atoms with Crippen LogP contribution in [0.4, 0.5) is 0 Å². The molecular formula is C22H17ClN4O2. The average molecular weight is 405 g/mol. The number of rotatable bonds is 5. The Hall–Kier alpha value is -3.69. The predicted molar refractivity (Wildman–Crippen MR) is 110 cm³/mol. The van der Waals surface area contributed by atoms with Crippen molar-refractivity contribution in [2.45, 2.75) is 12.8 Å². The van der Waals surface area contributed by atoms with Gasteiger partial charge in [-0.2, -0.15) is 5.26 Å².